The zero-order valence-electron chi connectivity index (χ0n) is 14.0. The lowest BCUT2D eigenvalue weighted by Crippen LogP contribution is -2.05. The average Bonchev–Trinajstić information content (AvgIpc) is 3.02. The fourth-order valence-corrected chi connectivity index (χ4v) is 3.58. The Bertz CT molecular complexity index is 921. The molecule has 3 aromatic rings. The van der Waals surface area contributed by atoms with Crippen LogP contribution in [-0.4, -0.2) is 33.4 Å². The third-order valence-electron chi connectivity index (χ3n) is 4.07. The second-order valence-corrected chi connectivity index (χ2v) is 6.80. The van der Waals surface area contributed by atoms with Gasteiger partial charge in [0.25, 0.3) is 0 Å². The van der Waals surface area contributed by atoms with Crippen molar-refractivity contribution in [2.45, 2.75) is 24.8 Å². The Hall–Kier alpha value is -2.41. The van der Waals surface area contributed by atoms with Crippen LogP contribution in [0.25, 0.3) is 11.0 Å². The molecule has 126 valence electrons. The number of nitrogens with zero attached hydrogens (tertiary/aromatic N) is 2. The molecular weight excluding hydrogens is 326 g/mol. The molecule has 7 heteroatoms. The number of aromatic nitrogens is 3. The summed E-state index contributed by atoms with van der Waals surface area (Å²) in [6.45, 7) is 3.93. The summed E-state index contributed by atoms with van der Waals surface area (Å²) in [4.78, 5) is 11.9. The van der Waals surface area contributed by atoms with E-state index < -0.39 is 10.8 Å². The van der Waals surface area contributed by atoms with E-state index in [0.717, 1.165) is 39.4 Å². The minimum Gasteiger partial charge on any atom is -0.497 e. The summed E-state index contributed by atoms with van der Waals surface area (Å²) < 4.78 is 23.1. The maximum Gasteiger partial charge on any atom is 0.197 e. The normalized spacial score (nSPS) is 12.3. The van der Waals surface area contributed by atoms with Gasteiger partial charge in [0.15, 0.2) is 5.16 Å². The summed E-state index contributed by atoms with van der Waals surface area (Å²) in [6.07, 6.45) is 1.67. The molecule has 0 aliphatic rings. The van der Waals surface area contributed by atoms with Crippen LogP contribution in [0, 0.1) is 13.8 Å². The molecule has 2 aromatic heterocycles. The highest BCUT2D eigenvalue weighted by Crippen LogP contribution is 2.24. The van der Waals surface area contributed by atoms with Crippen molar-refractivity contribution >= 4 is 21.8 Å². The van der Waals surface area contributed by atoms with Crippen molar-refractivity contribution in [3.63, 3.8) is 0 Å². The second kappa shape index (κ2) is 6.60. The van der Waals surface area contributed by atoms with Crippen molar-refractivity contribution in [1.29, 1.82) is 0 Å². The maximum atomic E-state index is 12.7. The van der Waals surface area contributed by atoms with Crippen molar-refractivity contribution in [2.24, 2.45) is 0 Å². The molecule has 0 amide bonds. The lowest BCUT2D eigenvalue weighted by atomic mass is 10.1. The van der Waals surface area contributed by atoms with Crippen LogP contribution in [0.5, 0.6) is 11.5 Å². The van der Waals surface area contributed by atoms with Crippen LogP contribution in [0.15, 0.2) is 29.6 Å². The Morgan fingerprint density at radius 2 is 1.96 bits per heavy atom. The van der Waals surface area contributed by atoms with Crippen LogP contribution >= 0.6 is 0 Å². The lowest BCUT2D eigenvalue weighted by molar-refractivity contribution is 0.409. The predicted molar refractivity (Wildman–Crippen MR) is 93.0 cm³/mol. The van der Waals surface area contributed by atoms with Crippen LogP contribution in [-0.2, 0) is 16.6 Å². The summed E-state index contributed by atoms with van der Waals surface area (Å²) in [5.41, 5.74) is 4.34. The molecule has 0 radical (unpaired) electrons. The van der Waals surface area contributed by atoms with Gasteiger partial charge in [-0.2, -0.15) is 0 Å². The van der Waals surface area contributed by atoms with E-state index in [9.17, 15) is 4.21 Å². The number of hydrogen-bond acceptors (Lipinski definition) is 5. The van der Waals surface area contributed by atoms with Crippen LogP contribution in [0.1, 0.15) is 16.8 Å². The quantitative estimate of drug-likeness (QED) is 0.769. The molecule has 2 heterocycles. The number of H-pyrrole nitrogens is 1. The predicted octanol–water partition coefficient (Wildman–Crippen LogP) is 2.90. The van der Waals surface area contributed by atoms with Gasteiger partial charge in [0.05, 0.1) is 53.7 Å². The molecule has 0 bridgehead atoms. The Morgan fingerprint density at radius 1 is 1.17 bits per heavy atom. The fourth-order valence-electron chi connectivity index (χ4n) is 2.48. The summed E-state index contributed by atoms with van der Waals surface area (Å²) in [7, 11) is 1.91. The van der Waals surface area contributed by atoms with E-state index in [1.165, 1.54) is 0 Å². The molecule has 0 spiro atoms. The molecule has 1 unspecified atom stereocenters. The van der Waals surface area contributed by atoms with Crippen molar-refractivity contribution in [3.05, 3.63) is 41.2 Å². The van der Waals surface area contributed by atoms with Gasteiger partial charge in [0.1, 0.15) is 11.5 Å². The average molecular weight is 345 g/mol. The highest BCUT2D eigenvalue weighted by atomic mass is 32.2. The number of benzene rings is 1. The van der Waals surface area contributed by atoms with Gasteiger partial charge in [-0.25, -0.2) is 4.98 Å². The Labute approximate surface area is 142 Å². The molecule has 0 aliphatic heterocycles. The molecule has 1 N–H and O–H groups in total. The monoisotopic (exact) mass is 345 g/mol. The highest BCUT2D eigenvalue weighted by molar-refractivity contribution is 7.84. The Kier molecular flexibility index (Phi) is 4.53. The van der Waals surface area contributed by atoms with E-state index in [1.54, 1.807) is 20.4 Å². The second-order valence-electron chi connectivity index (χ2n) is 5.44. The minimum atomic E-state index is -1.31. The number of rotatable bonds is 5. The van der Waals surface area contributed by atoms with Crippen molar-refractivity contribution in [3.8, 4) is 11.5 Å². The van der Waals surface area contributed by atoms with Gasteiger partial charge in [-0.05, 0) is 37.1 Å². The number of hydrogen-bond donors (Lipinski definition) is 1. The molecule has 24 heavy (non-hydrogen) atoms. The van der Waals surface area contributed by atoms with Crippen molar-refractivity contribution in [2.75, 3.05) is 14.2 Å². The zero-order valence-corrected chi connectivity index (χ0v) is 14.9. The van der Waals surface area contributed by atoms with E-state index >= 15 is 0 Å². The van der Waals surface area contributed by atoms with Gasteiger partial charge < -0.3 is 14.5 Å². The van der Waals surface area contributed by atoms with E-state index in [-0.39, 0.29) is 0 Å². The standard InChI is InChI=1S/C17H19N3O3S/c1-10-11(2)16(23-4)8-18-15(10)9-24(21)17-19-13-6-5-12(22-3)7-14(13)20-17/h5-8H,9H2,1-4H3,(H,19,20). The lowest BCUT2D eigenvalue weighted by Gasteiger charge is -2.10. The molecule has 6 nitrogen and oxygen atoms in total. The smallest absolute Gasteiger partial charge is 0.197 e. The summed E-state index contributed by atoms with van der Waals surface area (Å²) >= 11 is 0. The maximum absolute atomic E-state index is 12.7. The van der Waals surface area contributed by atoms with Crippen LogP contribution in [0.3, 0.4) is 0 Å². The number of aromatic amines is 1. The first-order valence-electron chi connectivity index (χ1n) is 7.44. The summed E-state index contributed by atoms with van der Waals surface area (Å²) in [5, 5.41) is 0.438. The zero-order chi connectivity index (χ0) is 17.3. The van der Waals surface area contributed by atoms with Gasteiger partial charge in [-0.15, -0.1) is 0 Å². The molecule has 0 saturated heterocycles. The van der Waals surface area contributed by atoms with Crippen molar-refractivity contribution in [1.82, 2.24) is 15.0 Å². The molecule has 3 rings (SSSR count). The fraction of sp³-hybridized carbons (Fsp3) is 0.294. The van der Waals surface area contributed by atoms with Gasteiger partial charge in [0, 0.05) is 6.07 Å². The molecule has 1 aromatic carbocycles. The minimum absolute atomic E-state index is 0.299. The topological polar surface area (TPSA) is 77.1 Å². The molecule has 0 saturated carbocycles. The SMILES string of the molecule is COc1ccc2nc(S(=O)Cc3ncc(OC)c(C)c3C)[nH]c2c1. The summed E-state index contributed by atoms with van der Waals surface area (Å²) in [5.74, 6) is 1.76. The van der Waals surface area contributed by atoms with Gasteiger partial charge in [-0.1, -0.05) is 0 Å². The third kappa shape index (κ3) is 2.99. The molecule has 0 aliphatic carbocycles. The van der Waals surface area contributed by atoms with E-state index in [1.807, 2.05) is 32.0 Å². The Balaban J connectivity index is 1.89. The first-order chi connectivity index (χ1) is 11.5. The molecule has 0 fully saturated rings. The van der Waals surface area contributed by atoms with E-state index in [0.29, 0.717) is 10.9 Å². The van der Waals surface area contributed by atoms with Crippen LogP contribution in [0.2, 0.25) is 0 Å². The number of ether oxygens (including phenoxy) is 2. The van der Waals surface area contributed by atoms with Gasteiger partial charge in [0.2, 0.25) is 0 Å². The number of methoxy groups -OCH3 is 2. The molecule has 1 atom stereocenters. The van der Waals surface area contributed by atoms with E-state index in [2.05, 4.69) is 15.0 Å². The van der Waals surface area contributed by atoms with Crippen LogP contribution in [0.4, 0.5) is 0 Å². The highest BCUT2D eigenvalue weighted by Gasteiger charge is 2.15. The molecular formula is C17H19N3O3S. The van der Waals surface area contributed by atoms with Gasteiger partial charge >= 0.3 is 0 Å². The number of pyridine rings is 1. The first-order valence-corrected chi connectivity index (χ1v) is 8.76. The van der Waals surface area contributed by atoms with Gasteiger partial charge in [-0.3, -0.25) is 9.19 Å². The number of fused-ring (bicyclic) bond motifs is 1. The van der Waals surface area contributed by atoms with Crippen LogP contribution < -0.4 is 9.47 Å². The first kappa shape index (κ1) is 16.4. The summed E-state index contributed by atoms with van der Waals surface area (Å²) in [6, 6.07) is 5.50. The largest absolute Gasteiger partial charge is 0.497 e. The third-order valence-corrected chi connectivity index (χ3v) is 5.23. The number of nitrogens with one attached hydrogen (secondary N) is 1. The van der Waals surface area contributed by atoms with E-state index in [4.69, 9.17) is 9.47 Å². The Morgan fingerprint density at radius 3 is 2.67 bits per heavy atom. The number of imidazole rings is 1. The van der Waals surface area contributed by atoms with Crippen molar-refractivity contribution < 1.29 is 13.7 Å².